The Hall–Kier alpha value is -1.16. The number of halogens is 2. The van der Waals surface area contributed by atoms with Crippen LogP contribution in [0.4, 0.5) is 0 Å². The van der Waals surface area contributed by atoms with Crippen LogP contribution in [0.25, 0.3) is 0 Å². The summed E-state index contributed by atoms with van der Waals surface area (Å²) in [5.41, 5.74) is 1.24. The molecule has 0 aliphatic carbocycles. The van der Waals surface area contributed by atoms with Crippen LogP contribution in [0.2, 0.25) is 10.0 Å². The molecule has 2 aromatic carbocycles. The lowest BCUT2D eigenvalue weighted by Gasteiger charge is -2.33. The van der Waals surface area contributed by atoms with E-state index in [-0.39, 0.29) is 37.7 Å². The number of piperazine rings is 1. The topological polar surface area (TPSA) is 74.8 Å². The number of benzene rings is 2. The van der Waals surface area contributed by atoms with Crippen molar-refractivity contribution in [2.24, 2.45) is 0 Å². The maximum absolute atomic E-state index is 12.7. The van der Waals surface area contributed by atoms with Gasteiger partial charge in [-0.2, -0.15) is 8.61 Å². The van der Waals surface area contributed by atoms with Gasteiger partial charge in [-0.1, -0.05) is 59.6 Å². The van der Waals surface area contributed by atoms with Gasteiger partial charge in [-0.05, 0) is 23.3 Å². The van der Waals surface area contributed by atoms with Gasteiger partial charge in [0.1, 0.15) is 0 Å². The highest BCUT2D eigenvalue weighted by molar-refractivity contribution is 7.88. The fourth-order valence-corrected chi connectivity index (χ4v) is 6.37. The molecule has 0 bridgehead atoms. The average Bonchev–Trinajstić information content (AvgIpc) is 2.65. The standard InChI is InChI=1S/C18H20Cl2N2O4S2/c19-17-7-6-16(12-18(17)20)14-28(25,26)22-10-8-21(9-11-22)27(23,24)13-15-4-2-1-3-5-15/h1-7,12H,8-11,13-14H2. The summed E-state index contributed by atoms with van der Waals surface area (Å²) >= 11 is 11.8. The van der Waals surface area contributed by atoms with Gasteiger partial charge in [0.05, 0.1) is 21.6 Å². The molecule has 152 valence electrons. The summed E-state index contributed by atoms with van der Waals surface area (Å²) in [5.74, 6) is -0.301. The zero-order valence-corrected chi connectivity index (χ0v) is 18.1. The summed E-state index contributed by atoms with van der Waals surface area (Å²) in [7, 11) is -7.08. The zero-order valence-electron chi connectivity index (χ0n) is 15.0. The van der Waals surface area contributed by atoms with Gasteiger partial charge in [-0.15, -0.1) is 0 Å². The van der Waals surface area contributed by atoms with Crippen LogP contribution in [0.3, 0.4) is 0 Å². The monoisotopic (exact) mass is 462 g/mol. The number of hydrogen-bond donors (Lipinski definition) is 0. The van der Waals surface area contributed by atoms with Gasteiger partial charge in [-0.25, -0.2) is 16.8 Å². The highest BCUT2D eigenvalue weighted by Gasteiger charge is 2.32. The molecule has 0 spiro atoms. The van der Waals surface area contributed by atoms with Crippen LogP contribution in [-0.4, -0.2) is 51.6 Å². The van der Waals surface area contributed by atoms with Crippen molar-refractivity contribution < 1.29 is 16.8 Å². The van der Waals surface area contributed by atoms with E-state index >= 15 is 0 Å². The van der Waals surface area contributed by atoms with E-state index in [1.165, 1.54) is 14.7 Å². The average molecular weight is 463 g/mol. The minimum absolute atomic E-state index is 0.0934. The van der Waals surface area contributed by atoms with Crippen LogP contribution in [0.15, 0.2) is 48.5 Å². The van der Waals surface area contributed by atoms with Crippen LogP contribution in [0, 0.1) is 0 Å². The molecule has 3 rings (SSSR count). The van der Waals surface area contributed by atoms with Crippen molar-refractivity contribution in [1.29, 1.82) is 0 Å². The Morgan fingerprint density at radius 1 is 0.679 bits per heavy atom. The van der Waals surface area contributed by atoms with E-state index in [1.54, 1.807) is 36.4 Å². The van der Waals surface area contributed by atoms with Gasteiger partial charge in [0.25, 0.3) is 0 Å². The normalized spacial score (nSPS) is 16.9. The largest absolute Gasteiger partial charge is 0.218 e. The third-order valence-electron chi connectivity index (χ3n) is 4.51. The third-order valence-corrected chi connectivity index (χ3v) is 8.95. The Labute approximate surface area is 175 Å². The molecule has 0 radical (unpaired) electrons. The van der Waals surface area contributed by atoms with Gasteiger partial charge in [0, 0.05) is 26.2 Å². The van der Waals surface area contributed by atoms with Crippen molar-refractivity contribution in [3.63, 3.8) is 0 Å². The van der Waals surface area contributed by atoms with E-state index in [0.29, 0.717) is 21.2 Å². The maximum atomic E-state index is 12.7. The molecular weight excluding hydrogens is 443 g/mol. The van der Waals surface area contributed by atoms with Crippen molar-refractivity contribution in [3.05, 3.63) is 69.7 Å². The van der Waals surface area contributed by atoms with Gasteiger partial charge < -0.3 is 0 Å². The number of sulfonamides is 2. The zero-order chi connectivity index (χ0) is 20.4. The Kier molecular flexibility index (Phi) is 6.69. The maximum Gasteiger partial charge on any atom is 0.218 e. The molecule has 6 nitrogen and oxygen atoms in total. The lowest BCUT2D eigenvalue weighted by Crippen LogP contribution is -2.50. The molecule has 0 aromatic heterocycles. The van der Waals surface area contributed by atoms with Crippen LogP contribution in [0.1, 0.15) is 11.1 Å². The van der Waals surface area contributed by atoms with E-state index in [0.717, 1.165) is 0 Å². The van der Waals surface area contributed by atoms with Crippen LogP contribution in [-0.2, 0) is 31.6 Å². The third kappa shape index (κ3) is 5.25. The quantitative estimate of drug-likeness (QED) is 0.660. The molecular formula is C18H20Cl2N2O4S2. The first-order chi connectivity index (χ1) is 13.2. The Morgan fingerprint density at radius 3 is 1.68 bits per heavy atom. The van der Waals surface area contributed by atoms with Gasteiger partial charge in [0.15, 0.2) is 0 Å². The summed E-state index contributed by atoms with van der Waals surface area (Å²) in [5, 5.41) is 0.659. The molecule has 1 saturated heterocycles. The molecule has 2 aromatic rings. The van der Waals surface area contributed by atoms with Crippen LogP contribution >= 0.6 is 23.2 Å². The number of rotatable bonds is 6. The highest BCUT2D eigenvalue weighted by Crippen LogP contribution is 2.24. The lowest BCUT2D eigenvalue weighted by molar-refractivity contribution is 0.272. The van der Waals surface area contributed by atoms with Crippen molar-refractivity contribution in [2.45, 2.75) is 11.5 Å². The first-order valence-electron chi connectivity index (χ1n) is 8.61. The van der Waals surface area contributed by atoms with Gasteiger partial charge in [-0.3, -0.25) is 0 Å². The van der Waals surface area contributed by atoms with Crippen molar-refractivity contribution in [3.8, 4) is 0 Å². The molecule has 0 saturated carbocycles. The van der Waals surface area contributed by atoms with E-state index in [9.17, 15) is 16.8 Å². The van der Waals surface area contributed by atoms with E-state index in [4.69, 9.17) is 23.2 Å². The molecule has 28 heavy (non-hydrogen) atoms. The predicted molar refractivity (Wildman–Crippen MR) is 111 cm³/mol. The SMILES string of the molecule is O=S(=O)(Cc1ccccc1)N1CCN(S(=O)(=O)Cc2ccc(Cl)c(Cl)c2)CC1. The van der Waals surface area contributed by atoms with Crippen molar-refractivity contribution in [1.82, 2.24) is 8.61 Å². The minimum atomic E-state index is -3.58. The fraction of sp³-hybridized carbons (Fsp3) is 0.333. The molecule has 1 aliphatic rings. The first-order valence-corrected chi connectivity index (χ1v) is 12.6. The molecule has 0 N–H and O–H groups in total. The number of nitrogens with zero attached hydrogens (tertiary/aromatic N) is 2. The van der Waals surface area contributed by atoms with E-state index < -0.39 is 20.0 Å². The summed E-state index contributed by atoms with van der Waals surface area (Å²) in [4.78, 5) is 0. The highest BCUT2D eigenvalue weighted by atomic mass is 35.5. The molecule has 1 aliphatic heterocycles. The van der Waals surface area contributed by atoms with E-state index in [1.807, 2.05) is 6.07 Å². The second-order valence-electron chi connectivity index (χ2n) is 6.54. The Morgan fingerprint density at radius 2 is 1.18 bits per heavy atom. The second-order valence-corrected chi connectivity index (χ2v) is 11.3. The summed E-state index contributed by atoms with van der Waals surface area (Å²) < 4.78 is 53.2. The van der Waals surface area contributed by atoms with Gasteiger partial charge in [0.2, 0.25) is 20.0 Å². The molecule has 0 amide bonds. The molecule has 1 heterocycles. The smallest absolute Gasteiger partial charge is 0.212 e. The molecule has 0 atom stereocenters. The van der Waals surface area contributed by atoms with Crippen molar-refractivity contribution in [2.75, 3.05) is 26.2 Å². The van der Waals surface area contributed by atoms with Crippen LogP contribution < -0.4 is 0 Å². The van der Waals surface area contributed by atoms with Crippen LogP contribution in [0.5, 0.6) is 0 Å². The summed E-state index contributed by atoms with van der Waals surface area (Å²) in [6, 6.07) is 13.6. The lowest BCUT2D eigenvalue weighted by atomic mass is 10.2. The summed E-state index contributed by atoms with van der Waals surface area (Å²) in [6.07, 6.45) is 0. The predicted octanol–water partition coefficient (Wildman–Crippen LogP) is 2.97. The fourth-order valence-electron chi connectivity index (χ4n) is 3.03. The van der Waals surface area contributed by atoms with Crippen molar-refractivity contribution >= 4 is 43.2 Å². The van der Waals surface area contributed by atoms with Gasteiger partial charge >= 0.3 is 0 Å². The molecule has 10 heteroatoms. The summed E-state index contributed by atoms with van der Waals surface area (Å²) in [6.45, 7) is 0.515. The van der Waals surface area contributed by atoms with E-state index in [2.05, 4.69) is 0 Å². The Balaban J connectivity index is 1.63. The molecule has 0 unspecified atom stereocenters. The first kappa shape index (κ1) is 21.5. The number of hydrogen-bond acceptors (Lipinski definition) is 4. The Bertz CT molecular complexity index is 1040. The second kappa shape index (κ2) is 8.69. The minimum Gasteiger partial charge on any atom is -0.212 e. The molecule has 1 fully saturated rings.